The molecule has 0 aliphatic heterocycles. The topological polar surface area (TPSA) is 88.9 Å². The number of hydrogen-bond donors (Lipinski definition) is 2. The molecule has 0 atom stereocenters. The van der Waals surface area contributed by atoms with Crippen LogP contribution in [0, 0.1) is 0 Å². The molecule has 1 fully saturated rings. The minimum Gasteiger partial charge on any atom is -0.352 e. The molecule has 1 aliphatic rings. The van der Waals surface area contributed by atoms with Gasteiger partial charge in [-0.15, -0.1) is 5.10 Å². The number of rotatable bonds is 4. The molecular weight excluding hydrogens is 246 g/mol. The standard InChI is InChI=1S/C12H19N5O2/c1-9(18)13-11-7-17(16-15-11)8-12(19)14-10-5-3-2-4-6-10/h7,10H,2-6,8H2,1H3,(H,13,18)(H,14,19). The van der Waals surface area contributed by atoms with Gasteiger partial charge in [-0.3, -0.25) is 9.59 Å². The van der Waals surface area contributed by atoms with E-state index < -0.39 is 0 Å². The average molecular weight is 265 g/mol. The van der Waals surface area contributed by atoms with E-state index in [-0.39, 0.29) is 18.4 Å². The Balaban J connectivity index is 1.81. The van der Waals surface area contributed by atoms with Crippen LogP contribution in [0.25, 0.3) is 0 Å². The fourth-order valence-electron chi connectivity index (χ4n) is 2.28. The first-order valence-corrected chi connectivity index (χ1v) is 6.60. The summed E-state index contributed by atoms with van der Waals surface area (Å²) in [4.78, 5) is 22.7. The largest absolute Gasteiger partial charge is 0.352 e. The molecule has 2 amide bonds. The molecular formula is C12H19N5O2. The monoisotopic (exact) mass is 265 g/mol. The number of anilines is 1. The minimum atomic E-state index is -0.210. The highest BCUT2D eigenvalue weighted by molar-refractivity contribution is 5.87. The van der Waals surface area contributed by atoms with Crippen LogP contribution in [0.5, 0.6) is 0 Å². The first-order chi connectivity index (χ1) is 9.13. The van der Waals surface area contributed by atoms with E-state index in [0.717, 1.165) is 12.8 Å². The molecule has 2 N–H and O–H groups in total. The Morgan fingerprint density at radius 2 is 2.11 bits per heavy atom. The summed E-state index contributed by atoms with van der Waals surface area (Å²) >= 11 is 0. The molecule has 19 heavy (non-hydrogen) atoms. The lowest BCUT2D eigenvalue weighted by Gasteiger charge is -2.22. The molecule has 0 bridgehead atoms. The van der Waals surface area contributed by atoms with Gasteiger partial charge in [0, 0.05) is 13.0 Å². The second-order valence-corrected chi connectivity index (χ2v) is 4.88. The summed E-state index contributed by atoms with van der Waals surface area (Å²) in [5.74, 6) is 0.0860. The number of hydrogen-bond acceptors (Lipinski definition) is 4. The number of aromatic nitrogens is 3. The SMILES string of the molecule is CC(=O)Nc1cn(CC(=O)NC2CCCCC2)nn1. The van der Waals surface area contributed by atoms with E-state index in [4.69, 9.17) is 0 Å². The fourth-order valence-corrected chi connectivity index (χ4v) is 2.28. The summed E-state index contributed by atoms with van der Waals surface area (Å²) in [5, 5.41) is 13.1. The Kier molecular flexibility index (Phi) is 4.48. The van der Waals surface area contributed by atoms with Gasteiger partial charge >= 0.3 is 0 Å². The lowest BCUT2D eigenvalue weighted by Crippen LogP contribution is -2.38. The summed E-state index contributed by atoms with van der Waals surface area (Å²) in [5.41, 5.74) is 0. The molecule has 1 aromatic rings. The van der Waals surface area contributed by atoms with Gasteiger partial charge in [0.15, 0.2) is 5.82 Å². The van der Waals surface area contributed by atoms with Crippen LogP contribution >= 0.6 is 0 Å². The van der Waals surface area contributed by atoms with E-state index in [2.05, 4.69) is 20.9 Å². The van der Waals surface area contributed by atoms with Crippen molar-refractivity contribution >= 4 is 17.6 Å². The molecule has 0 spiro atoms. The molecule has 1 saturated carbocycles. The molecule has 104 valence electrons. The zero-order valence-electron chi connectivity index (χ0n) is 11.1. The Labute approximate surface area is 111 Å². The third-order valence-electron chi connectivity index (χ3n) is 3.12. The van der Waals surface area contributed by atoms with Crippen LogP contribution in [0.1, 0.15) is 39.0 Å². The maximum absolute atomic E-state index is 11.8. The third-order valence-corrected chi connectivity index (χ3v) is 3.12. The number of nitrogens with zero attached hydrogens (tertiary/aromatic N) is 3. The summed E-state index contributed by atoms with van der Waals surface area (Å²) in [7, 11) is 0. The summed E-state index contributed by atoms with van der Waals surface area (Å²) in [6, 6.07) is 0.291. The predicted octanol–water partition coefficient (Wildman–Crippen LogP) is 0.685. The highest BCUT2D eigenvalue weighted by Gasteiger charge is 2.16. The van der Waals surface area contributed by atoms with E-state index >= 15 is 0 Å². The van der Waals surface area contributed by atoms with Gasteiger partial charge in [-0.2, -0.15) is 0 Å². The molecule has 7 heteroatoms. The van der Waals surface area contributed by atoms with Gasteiger partial charge in [0.25, 0.3) is 0 Å². The van der Waals surface area contributed by atoms with Gasteiger partial charge in [-0.1, -0.05) is 24.5 Å². The van der Waals surface area contributed by atoms with Crippen LogP contribution in [-0.4, -0.2) is 32.9 Å². The Hall–Kier alpha value is -1.92. The molecule has 1 aliphatic carbocycles. The highest BCUT2D eigenvalue weighted by Crippen LogP contribution is 2.17. The predicted molar refractivity (Wildman–Crippen MR) is 69.3 cm³/mol. The van der Waals surface area contributed by atoms with Crippen molar-refractivity contribution in [3.63, 3.8) is 0 Å². The Bertz CT molecular complexity index is 451. The lowest BCUT2D eigenvalue weighted by molar-refractivity contribution is -0.122. The molecule has 1 heterocycles. The van der Waals surface area contributed by atoms with Crippen molar-refractivity contribution in [2.45, 2.75) is 51.6 Å². The van der Waals surface area contributed by atoms with Gasteiger partial charge in [-0.05, 0) is 12.8 Å². The van der Waals surface area contributed by atoms with Crippen molar-refractivity contribution in [2.24, 2.45) is 0 Å². The second kappa shape index (κ2) is 6.31. The number of amides is 2. The zero-order chi connectivity index (χ0) is 13.7. The molecule has 0 saturated heterocycles. The van der Waals surface area contributed by atoms with Crippen molar-refractivity contribution in [3.8, 4) is 0 Å². The maximum Gasteiger partial charge on any atom is 0.242 e. The van der Waals surface area contributed by atoms with Gasteiger partial charge in [-0.25, -0.2) is 4.68 Å². The van der Waals surface area contributed by atoms with Crippen LogP contribution in [0.4, 0.5) is 5.82 Å². The van der Waals surface area contributed by atoms with E-state index in [1.807, 2.05) is 0 Å². The van der Waals surface area contributed by atoms with Crippen molar-refractivity contribution in [3.05, 3.63) is 6.20 Å². The maximum atomic E-state index is 11.8. The first kappa shape index (κ1) is 13.5. The van der Waals surface area contributed by atoms with Gasteiger partial charge in [0.1, 0.15) is 6.54 Å². The van der Waals surface area contributed by atoms with Crippen molar-refractivity contribution in [1.29, 1.82) is 0 Å². The first-order valence-electron chi connectivity index (χ1n) is 6.60. The van der Waals surface area contributed by atoms with E-state index in [0.29, 0.717) is 11.9 Å². The van der Waals surface area contributed by atoms with Crippen molar-refractivity contribution in [1.82, 2.24) is 20.3 Å². The van der Waals surface area contributed by atoms with Crippen molar-refractivity contribution in [2.75, 3.05) is 5.32 Å². The average Bonchev–Trinajstić information content (AvgIpc) is 2.76. The zero-order valence-corrected chi connectivity index (χ0v) is 11.1. The van der Waals surface area contributed by atoms with E-state index in [9.17, 15) is 9.59 Å². The van der Waals surface area contributed by atoms with Crippen LogP contribution in [0.15, 0.2) is 6.20 Å². The summed E-state index contributed by atoms with van der Waals surface area (Å²) in [6.07, 6.45) is 7.28. The lowest BCUT2D eigenvalue weighted by atomic mass is 9.95. The van der Waals surface area contributed by atoms with Crippen LogP contribution in [0.2, 0.25) is 0 Å². The molecule has 0 radical (unpaired) electrons. The van der Waals surface area contributed by atoms with Gasteiger partial charge in [0.05, 0.1) is 6.20 Å². The fraction of sp³-hybridized carbons (Fsp3) is 0.667. The normalized spacial score (nSPS) is 16.1. The summed E-state index contributed by atoms with van der Waals surface area (Å²) < 4.78 is 1.42. The summed E-state index contributed by atoms with van der Waals surface area (Å²) in [6.45, 7) is 1.53. The quantitative estimate of drug-likeness (QED) is 0.838. The molecule has 1 aromatic heterocycles. The number of carbonyl (C=O) groups is 2. The minimum absolute atomic E-state index is 0.0637. The van der Waals surface area contributed by atoms with Crippen LogP contribution in [-0.2, 0) is 16.1 Å². The molecule has 0 aromatic carbocycles. The molecule has 0 unspecified atom stereocenters. The van der Waals surface area contributed by atoms with Crippen LogP contribution in [0.3, 0.4) is 0 Å². The second-order valence-electron chi connectivity index (χ2n) is 4.88. The van der Waals surface area contributed by atoms with Gasteiger partial charge < -0.3 is 10.6 Å². The molecule has 2 rings (SSSR count). The third kappa shape index (κ3) is 4.35. The van der Waals surface area contributed by atoms with Crippen molar-refractivity contribution < 1.29 is 9.59 Å². The number of carbonyl (C=O) groups excluding carboxylic acids is 2. The van der Waals surface area contributed by atoms with Crippen LogP contribution < -0.4 is 10.6 Å². The Morgan fingerprint density at radius 3 is 2.79 bits per heavy atom. The van der Waals surface area contributed by atoms with Gasteiger partial charge in [0.2, 0.25) is 11.8 Å². The highest BCUT2D eigenvalue weighted by atomic mass is 16.2. The number of nitrogens with one attached hydrogen (secondary N) is 2. The van der Waals surface area contributed by atoms with E-state index in [1.165, 1.54) is 30.9 Å². The molecule has 7 nitrogen and oxygen atoms in total. The van der Waals surface area contributed by atoms with E-state index in [1.54, 1.807) is 6.20 Å². The Morgan fingerprint density at radius 1 is 1.37 bits per heavy atom. The smallest absolute Gasteiger partial charge is 0.242 e.